The SMILES string of the molecule is C=C[C@@]1(C)CC[C@H]2[C@@]34CCCC(C)(C)[C@@H]3C[C@H](OC4)[C@@]2(O)C1=O. The fourth-order valence-corrected chi connectivity index (χ4v) is 6.77. The normalized spacial score (nSPS) is 54.3. The Morgan fingerprint density at radius 2 is 1.96 bits per heavy atom. The number of allylic oxidation sites excluding steroid dienone is 1. The molecular weight excluding hydrogens is 288 g/mol. The number of aliphatic hydroxyl groups is 1. The highest BCUT2D eigenvalue weighted by molar-refractivity contribution is 5.95. The van der Waals surface area contributed by atoms with E-state index in [9.17, 15) is 9.90 Å². The van der Waals surface area contributed by atoms with E-state index in [0.717, 1.165) is 32.3 Å². The number of hydrogen-bond acceptors (Lipinski definition) is 3. The van der Waals surface area contributed by atoms with Crippen molar-refractivity contribution in [2.24, 2.45) is 28.1 Å². The number of Topliss-reactive ketones (excluding diaryl/α,β-unsaturated/α-hetero) is 1. The lowest BCUT2D eigenvalue weighted by atomic mass is 9.39. The van der Waals surface area contributed by atoms with E-state index in [1.807, 2.05) is 6.92 Å². The summed E-state index contributed by atoms with van der Waals surface area (Å²) in [5, 5.41) is 11.6. The van der Waals surface area contributed by atoms with Gasteiger partial charge in [0.1, 0.15) is 0 Å². The van der Waals surface area contributed by atoms with E-state index in [1.54, 1.807) is 6.08 Å². The molecule has 2 saturated heterocycles. The molecular formula is C20H30O3. The summed E-state index contributed by atoms with van der Waals surface area (Å²) >= 11 is 0. The van der Waals surface area contributed by atoms with Crippen LogP contribution in [0.3, 0.4) is 0 Å². The van der Waals surface area contributed by atoms with Crippen LogP contribution in [-0.2, 0) is 9.53 Å². The molecule has 0 aromatic rings. The Morgan fingerprint density at radius 3 is 2.65 bits per heavy atom. The first-order valence-electron chi connectivity index (χ1n) is 9.23. The van der Waals surface area contributed by atoms with E-state index in [-0.39, 0.29) is 28.6 Å². The van der Waals surface area contributed by atoms with Gasteiger partial charge in [-0.2, -0.15) is 0 Å². The van der Waals surface area contributed by atoms with Crippen LogP contribution in [0.4, 0.5) is 0 Å². The van der Waals surface area contributed by atoms with Crippen molar-refractivity contribution in [2.75, 3.05) is 6.61 Å². The summed E-state index contributed by atoms with van der Waals surface area (Å²) in [6, 6.07) is 0. The molecule has 0 aromatic carbocycles. The van der Waals surface area contributed by atoms with Crippen LogP contribution in [0.2, 0.25) is 0 Å². The second-order valence-electron chi connectivity index (χ2n) is 9.53. The molecule has 6 atom stereocenters. The predicted molar refractivity (Wildman–Crippen MR) is 88.9 cm³/mol. The largest absolute Gasteiger partial charge is 0.379 e. The maximum Gasteiger partial charge on any atom is 0.176 e. The van der Waals surface area contributed by atoms with Crippen molar-refractivity contribution in [1.29, 1.82) is 0 Å². The van der Waals surface area contributed by atoms with E-state index in [0.29, 0.717) is 5.92 Å². The van der Waals surface area contributed by atoms with Crippen molar-refractivity contribution in [3.63, 3.8) is 0 Å². The van der Waals surface area contributed by atoms with Gasteiger partial charge in [-0.15, -0.1) is 6.58 Å². The van der Waals surface area contributed by atoms with Gasteiger partial charge in [-0.25, -0.2) is 0 Å². The van der Waals surface area contributed by atoms with Gasteiger partial charge >= 0.3 is 0 Å². The van der Waals surface area contributed by atoms with Crippen LogP contribution in [0.25, 0.3) is 0 Å². The minimum atomic E-state index is -1.30. The highest BCUT2D eigenvalue weighted by atomic mass is 16.5. The second-order valence-corrected chi connectivity index (χ2v) is 9.53. The van der Waals surface area contributed by atoms with Crippen molar-refractivity contribution in [2.45, 2.75) is 71.0 Å². The van der Waals surface area contributed by atoms with E-state index < -0.39 is 11.0 Å². The number of ketones is 1. The lowest BCUT2D eigenvalue weighted by Crippen LogP contribution is -2.76. The molecule has 23 heavy (non-hydrogen) atoms. The number of hydrogen-bond donors (Lipinski definition) is 1. The van der Waals surface area contributed by atoms with Crippen LogP contribution in [0, 0.1) is 28.1 Å². The van der Waals surface area contributed by atoms with Gasteiger partial charge in [-0.3, -0.25) is 4.79 Å². The summed E-state index contributed by atoms with van der Waals surface area (Å²) < 4.78 is 6.11. The van der Waals surface area contributed by atoms with Crippen LogP contribution in [-0.4, -0.2) is 29.2 Å². The highest BCUT2D eigenvalue weighted by Gasteiger charge is 2.73. The van der Waals surface area contributed by atoms with Gasteiger partial charge < -0.3 is 9.84 Å². The van der Waals surface area contributed by atoms with Gasteiger partial charge in [0.25, 0.3) is 0 Å². The van der Waals surface area contributed by atoms with Crippen LogP contribution in [0.1, 0.15) is 59.3 Å². The Morgan fingerprint density at radius 1 is 1.22 bits per heavy atom. The van der Waals surface area contributed by atoms with Crippen LogP contribution in [0.15, 0.2) is 12.7 Å². The molecule has 128 valence electrons. The van der Waals surface area contributed by atoms with Crippen molar-refractivity contribution < 1.29 is 14.6 Å². The highest BCUT2D eigenvalue weighted by Crippen LogP contribution is 2.68. The summed E-state index contributed by atoms with van der Waals surface area (Å²) in [4.78, 5) is 13.3. The van der Waals surface area contributed by atoms with Gasteiger partial charge in [0, 0.05) is 16.7 Å². The molecule has 2 bridgehead atoms. The number of ether oxygens (including phenoxy) is 1. The zero-order valence-electron chi connectivity index (χ0n) is 14.7. The maximum absolute atomic E-state index is 13.3. The topological polar surface area (TPSA) is 46.5 Å². The first-order chi connectivity index (χ1) is 10.7. The number of carbonyl (C=O) groups is 1. The predicted octanol–water partition coefficient (Wildman–Crippen LogP) is 3.50. The lowest BCUT2D eigenvalue weighted by molar-refractivity contribution is -0.310. The van der Waals surface area contributed by atoms with Crippen molar-refractivity contribution in [3.05, 3.63) is 12.7 Å². The summed E-state index contributed by atoms with van der Waals surface area (Å²) in [6.07, 6.45) is 7.49. The minimum absolute atomic E-state index is 0.0105. The third-order valence-electron chi connectivity index (χ3n) is 8.11. The van der Waals surface area contributed by atoms with Gasteiger partial charge in [0.15, 0.2) is 11.4 Å². The summed E-state index contributed by atoms with van der Waals surface area (Å²) in [7, 11) is 0. The molecule has 2 aliphatic heterocycles. The first kappa shape index (κ1) is 15.8. The monoisotopic (exact) mass is 318 g/mol. The molecule has 5 aliphatic rings. The molecule has 5 rings (SSSR count). The number of fused-ring (bicyclic) bond motifs is 1. The van der Waals surface area contributed by atoms with Crippen molar-refractivity contribution >= 4 is 5.78 Å². The van der Waals surface area contributed by atoms with Crippen molar-refractivity contribution in [1.82, 2.24) is 0 Å². The molecule has 1 N–H and O–H groups in total. The molecule has 3 aliphatic carbocycles. The van der Waals surface area contributed by atoms with E-state index in [1.165, 1.54) is 12.8 Å². The average molecular weight is 318 g/mol. The lowest BCUT2D eigenvalue weighted by Gasteiger charge is -2.69. The minimum Gasteiger partial charge on any atom is -0.379 e. The molecule has 3 nitrogen and oxygen atoms in total. The Hall–Kier alpha value is -0.670. The van der Waals surface area contributed by atoms with E-state index in [4.69, 9.17) is 4.74 Å². The fourth-order valence-electron chi connectivity index (χ4n) is 6.77. The van der Waals surface area contributed by atoms with Gasteiger partial charge in [0.2, 0.25) is 0 Å². The third kappa shape index (κ3) is 1.71. The average Bonchev–Trinajstić information content (AvgIpc) is 2.51. The van der Waals surface area contributed by atoms with Crippen LogP contribution in [0.5, 0.6) is 0 Å². The molecule has 0 aromatic heterocycles. The number of carbonyl (C=O) groups excluding carboxylic acids is 1. The Balaban J connectivity index is 1.82. The summed E-state index contributed by atoms with van der Waals surface area (Å²) in [5.41, 5.74) is -1.64. The smallest absolute Gasteiger partial charge is 0.176 e. The molecule has 0 amide bonds. The second kappa shape index (κ2) is 4.49. The molecule has 3 saturated carbocycles. The Labute approximate surface area is 139 Å². The molecule has 0 radical (unpaired) electrons. The Kier molecular flexibility index (Phi) is 3.09. The third-order valence-corrected chi connectivity index (χ3v) is 8.11. The maximum atomic E-state index is 13.3. The summed E-state index contributed by atoms with van der Waals surface area (Å²) in [6.45, 7) is 11.3. The van der Waals surface area contributed by atoms with Crippen LogP contribution < -0.4 is 0 Å². The van der Waals surface area contributed by atoms with Gasteiger partial charge in [-0.05, 0) is 50.4 Å². The molecule has 3 heteroatoms. The quantitative estimate of drug-likeness (QED) is 0.753. The van der Waals surface area contributed by atoms with Gasteiger partial charge in [0.05, 0.1) is 12.7 Å². The van der Waals surface area contributed by atoms with E-state index in [2.05, 4.69) is 20.4 Å². The fraction of sp³-hybridized carbons (Fsp3) is 0.850. The molecule has 5 fully saturated rings. The zero-order valence-corrected chi connectivity index (χ0v) is 14.7. The molecule has 0 unspecified atom stereocenters. The van der Waals surface area contributed by atoms with Crippen LogP contribution >= 0.6 is 0 Å². The summed E-state index contributed by atoms with van der Waals surface area (Å²) in [5.74, 6) is 0.586. The Bertz CT molecular complexity index is 563. The first-order valence-corrected chi connectivity index (χ1v) is 9.23. The standard InChI is InChI=1S/C20H30O3/c1-5-18(4)10-7-13-19-9-6-8-17(2,3)14(19)11-15(23-12-19)20(13,22)16(18)21/h5,13-15,22H,1,6-12H2,2-4H3/t13-,14-,15-,18-,19-,20+/m0/s1. The van der Waals surface area contributed by atoms with E-state index >= 15 is 0 Å². The van der Waals surface area contributed by atoms with Gasteiger partial charge in [-0.1, -0.05) is 26.3 Å². The molecule has 1 spiro atoms. The molecule has 2 heterocycles. The zero-order chi connectivity index (χ0) is 16.7. The number of rotatable bonds is 1. The van der Waals surface area contributed by atoms with Crippen molar-refractivity contribution in [3.8, 4) is 0 Å².